The van der Waals surface area contributed by atoms with Crippen LogP contribution in [0.3, 0.4) is 0 Å². The van der Waals surface area contributed by atoms with Gasteiger partial charge in [-0.2, -0.15) is 0 Å². The second-order valence-electron chi connectivity index (χ2n) is 6.53. The Bertz CT molecular complexity index is 590. The molecule has 1 amide bonds. The number of nitrogens with one attached hydrogen (secondary N) is 1. The van der Waals surface area contributed by atoms with Gasteiger partial charge in [-0.3, -0.25) is 5.32 Å². The van der Waals surface area contributed by atoms with Crippen molar-refractivity contribution in [2.45, 2.75) is 50.7 Å². The molecule has 23 heavy (non-hydrogen) atoms. The van der Waals surface area contributed by atoms with E-state index in [0.29, 0.717) is 18.4 Å². The van der Waals surface area contributed by atoms with Crippen molar-refractivity contribution in [2.75, 3.05) is 12.4 Å². The van der Waals surface area contributed by atoms with Crippen molar-refractivity contribution in [3.8, 4) is 0 Å². The third-order valence-electron chi connectivity index (χ3n) is 3.59. The van der Waals surface area contributed by atoms with Crippen LogP contribution in [0.25, 0.3) is 0 Å². The predicted molar refractivity (Wildman–Crippen MR) is 81.2 cm³/mol. The first-order chi connectivity index (χ1) is 10.7. The molecule has 1 heterocycles. The molecule has 8 heteroatoms. The van der Waals surface area contributed by atoms with Gasteiger partial charge in [-0.1, -0.05) is 0 Å². The fourth-order valence-electron chi connectivity index (χ4n) is 2.44. The van der Waals surface area contributed by atoms with Gasteiger partial charge in [-0.15, -0.1) is 0 Å². The van der Waals surface area contributed by atoms with Crippen LogP contribution in [0.15, 0.2) is 12.4 Å². The van der Waals surface area contributed by atoms with Crippen LogP contribution in [0.2, 0.25) is 0 Å². The summed E-state index contributed by atoms with van der Waals surface area (Å²) in [5.41, 5.74) is -0.526. The largest absolute Gasteiger partial charge is 0.479 e. The summed E-state index contributed by atoms with van der Waals surface area (Å²) in [4.78, 5) is 31.1. The molecule has 8 nitrogen and oxygen atoms in total. The number of carboxylic acid groups (broad SMARTS) is 1. The molecule has 0 saturated heterocycles. The van der Waals surface area contributed by atoms with E-state index in [2.05, 4.69) is 15.3 Å². The van der Waals surface area contributed by atoms with Gasteiger partial charge >= 0.3 is 12.1 Å². The summed E-state index contributed by atoms with van der Waals surface area (Å²) in [6, 6.07) is 0. The molecule has 126 valence electrons. The first-order valence-electron chi connectivity index (χ1n) is 7.26. The fourth-order valence-corrected chi connectivity index (χ4v) is 2.44. The Kier molecular flexibility index (Phi) is 4.56. The average Bonchev–Trinajstić information content (AvgIpc) is 3.19. The minimum absolute atomic E-state index is 0.100. The lowest BCUT2D eigenvalue weighted by Gasteiger charge is -2.22. The summed E-state index contributed by atoms with van der Waals surface area (Å²) < 4.78 is 10.2. The Morgan fingerprint density at radius 2 is 1.87 bits per heavy atom. The molecule has 2 N–H and O–H groups in total. The molecule has 0 radical (unpaired) electrons. The van der Waals surface area contributed by atoms with Gasteiger partial charge in [0.1, 0.15) is 5.60 Å². The average molecular weight is 323 g/mol. The number of methoxy groups -OCH3 is 1. The lowest BCUT2D eigenvalue weighted by atomic mass is 9.92. The predicted octanol–water partition coefficient (Wildman–Crippen LogP) is 1.95. The normalized spacial score (nSPS) is 17.2. The first-order valence-corrected chi connectivity index (χ1v) is 7.26. The van der Waals surface area contributed by atoms with Crippen LogP contribution in [0.1, 0.15) is 39.2 Å². The van der Waals surface area contributed by atoms with Gasteiger partial charge in [0.05, 0.1) is 0 Å². The van der Waals surface area contributed by atoms with Crippen molar-refractivity contribution in [3.63, 3.8) is 0 Å². The number of carboxylic acids is 1. The van der Waals surface area contributed by atoms with Crippen LogP contribution < -0.4 is 5.32 Å². The van der Waals surface area contributed by atoms with Crippen LogP contribution in [-0.2, 0) is 19.7 Å². The maximum absolute atomic E-state index is 11.7. The van der Waals surface area contributed by atoms with Crippen molar-refractivity contribution in [2.24, 2.45) is 0 Å². The number of hydrogen-bond acceptors (Lipinski definition) is 6. The number of amides is 1. The lowest BCUT2D eigenvalue weighted by Crippen LogP contribution is -2.36. The molecule has 1 unspecified atom stereocenters. The third-order valence-corrected chi connectivity index (χ3v) is 3.59. The SMILES string of the molecule is COC(C(=O)O)C1(c2cnc(NC(=O)OC(C)(C)C)nc2)CC1. The van der Waals surface area contributed by atoms with Crippen molar-refractivity contribution in [1.29, 1.82) is 0 Å². The molecule has 1 saturated carbocycles. The van der Waals surface area contributed by atoms with Crippen LogP contribution >= 0.6 is 0 Å². The molecule has 0 spiro atoms. The molecule has 0 bridgehead atoms. The molecule has 0 aromatic carbocycles. The standard InChI is InChI=1S/C15H21N3O5/c1-14(2,3)23-13(21)18-12-16-7-9(8-17-12)15(5-6-15)10(22-4)11(19)20/h7-8,10H,5-6H2,1-4H3,(H,19,20)(H,16,17,18,21). The summed E-state index contributed by atoms with van der Waals surface area (Å²) in [7, 11) is 1.37. The third kappa shape index (κ3) is 3.95. The van der Waals surface area contributed by atoms with Crippen molar-refractivity contribution < 1.29 is 24.2 Å². The zero-order chi connectivity index (χ0) is 17.3. The highest BCUT2D eigenvalue weighted by atomic mass is 16.6. The second kappa shape index (κ2) is 6.11. The topological polar surface area (TPSA) is 111 Å². The summed E-state index contributed by atoms with van der Waals surface area (Å²) in [6.45, 7) is 5.26. The number of nitrogens with zero attached hydrogens (tertiary/aromatic N) is 2. The van der Waals surface area contributed by atoms with E-state index in [0.717, 1.165) is 0 Å². The Morgan fingerprint density at radius 1 is 1.30 bits per heavy atom. The maximum atomic E-state index is 11.7. The molecule has 1 aliphatic rings. The Labute approximate surface area is 134 Å². The zero-order valence-electron chi connectivity index (χ0n) is 13.6. The molecule has 0 aliphatic heterocycles. The molecule has 1 fully saturated rings. The molecular weight excluding hydrogens is 302 g/mol. The van der Waals surface area contributed by atoms with Gasteiger partial charge < -0.3 is 14.6 Å². The van der Waals surface area contributed by atoms with Gasteiger partial charge in [-0.25, -0.2) is 19.6 Å². The minimum atomic E-state index is -1.01. The minimum Gasteiger partial charge on any atom is -0.479 e. The number of carbonyl (C=O) groups excluding carboxylic acids is 1. The molecule has 1 aromatic rings. The highest BCUT2D eigenvalue weighted by molar-refractivity contribution is 5.82. The van der Waals surface area contributed by atoms with E-state index in [1.54, 1.807) is 20.8 Å². The van der Waals surface area contributed by atoms with E-state index in [-0.39, 0.29) is 5.95 Å². The summed E-state index contributed by atoms with van der Waals surface area (Å²) in [6.07, 6.45) is 2.84. The monoisotopic (exact) mass is 323 g/mol. The van der Waals surface area contributed by atoms with Crippen LogP contribution in [0.4, 0.5) is 10.7 Å². The molecule has 1 aromatic heterocycles. The fraction of sp³-hybridized carbons (Fsp3) is 0.600. The molecule has 1 aliphatic carbocycles. The second-order valence-corrected chi connectivity index (χ2v) is 6.53. The first kappa shape index (κ1) is 17.1. The van der Waals surface area contributed by atoms with E-state index < -0.39 is 29.2 Å². The number of aliphatic carboxylic acids is 1. The molecular formula is C15H21N3O5. The Morgan fingerprint density at radius 3 is 2.26 bits per heavy atom. The lowest BCUT2D eigenvalue weighted by molar-refractivity contribution is -0.150. The van der Waals surface area contributed by atoms with E-state index >= 15 is 0 Å². The van der Waals surface area contributed by atoms with Crippen LogP contribution in [0.5, 0.6) is 0 Å². The number of carbonyl (C=O) groups is 2. The van der Waals surface area contributed by atoms with Crippen molar-refractivity contribution in [3.05, 3.63) is 18.0 Å². The number of rotatable bonds is 5. The number of aromatic nitrogens is 2. The van der Waals surface area contributed by atoms with Crippen molar-refractivity contribution in [1.82, 2.24) is 9.97 Å². The number of anilines is 1. The molecule has 1 atom stereocenters. The molecule has 2 rings (SSSR count). The Hall–Kier alpha value is -2.22. The van der Waals surface area contributed by atoms with Gasteiger partial charge in [0.25, 0.3) is 0 Å². The highest BCUT2D eigenvalue weighted by Crippen LogP contribution is 2.51. The summed E-state index contributed by atoms with van der Waals surface area (Å²) in [5, 5.41) is 11.7. The number of ether oxygens (including phenoxy) is 2. The van der Waals surface area contributed by atoms with Crippen LogP contribution in [0, 0.1) is 0 Å². The van der Waals surface area contributed by atoms with E-state index in [1.807, 2.05) is 0 Å². The smallest absolute Gasteiger partial charge is 0.414 e. The zero-order valence-corrected chi connectivity index (χ0v) is 13.6. The van der Waals surface area contributed by atoms with E-state index in [1.165, 1.54) is 19.5 Å². The van der Waals surface area contributed by atoms with Gasteiger partial charge in [0.15, 0.2) is 6.10 Å². The quantitative estimate of drug-likeness (QED) is 0.852. The van der Waals surface area contributed by atoms with Gasteiger partial charge in [0.2, 0.25) is 5.95 Å². The van der Waals surface area contributed by atoms with Crippen LogP contribution in [-0.4, -0.2) is 46.0 Å². The van der Waals surface area contributed by atoms with Crippen molar-refractivity contribution >= 4 is 18.0 Å². The summed E-state index contributed by atoms with van der Waals surface area (Å²) in [5.74, 6) is -0.913. The van der Waals surface area contributed by atoms with E-state index in [9.17, 15) is 14.7 Å². The van der Waals surface area contributed by atoms with E-state index in [4.69, 9.17) is 9.47 Å². The maximum Gasteiger partial charge on any atom is 0.414 e. The van der Waals surface area contributed by atoms with Gasteiger partial charge in [-0.05, 0) is 39.2 Å². The van der Waals surface area contributed by atoms with Gasteiger partial charge in [0, 0.05) is 24.9 Å². The highest BCUT2D eigenvalue weighted by Gasteiger charge is 2.55. The summed E-state index contributed by atoms with van der Waals surface area (Å²) >= 11 is 0. The Balaban J connectivity index is 2.08. The number of hydrogen-bond donors (Lipinski definition) is 2.